The van der Waals surface area contributed by atoms with Crippen molar-refractivity contribution >= 4 is 27.0 Å². The topological polar surface area (TPSA) is 17.8 Å². The van der Waals surface area contributed by atoms with Crippen molar-refractivity contribution in [3.8, 4) is 5.69 Å². The van der Waals surface area contributed by atoms with E-state index >= 15 is 0 Å². The Labute approximate surface area is 121 Å². The molecule has 0 aliphatic rings. The van der Waals surface area contributed by atoms with Gasteiger partial charge in [-0.3, -0.25) is 4.57 Å². The maximum Gasteiger partial charge on any atom is 0.418 e. The fraction of sp³-hybridized carbons (Fsp3) is 0.0714. The minimum atomic E-state index is -4.43. The van der Waals surface area contributed by atoms with Gasteiger partial charge in [0.1, 0.15) is 6.33 Å². The van der Waals surface area contributed by atoms with Gasteiger partial charge in [-0.05, 0) is 30.3 Å². The van der Waals surface area contributed by atoms with Crippen molar-refractivity contribution in [3.63, 3.8) is 0 Å². The van der Waals surface area contributed by atoms with Crippen LogP contribution >= 0.6 is 15.9 Å². The fourth-order valence-corrected chi connectivity index (χ4v) is 2.46. The Kier molecular flexibility index (Phi) is 3.05. The minimum absolute atomic E-state index is 0.0643. The number of benzene rings is 2. The van der Waals surface area contributed by atoms with Gasteiger partial charge in [0.05, 0.1) is 22.3 Å². The Balaban J connectivity index is 2.30. The van der Waals surface area contributed by atoms with E-state index in [1.807, 2.05) is 0 Å². The van der Waals surface area contributed by atoms with Crippen LogP contribution < -0.4 is 0 Å². The number of aromatic nitrogens is 2. The van der Waals surface area contributed by atoms with Crippen LogP contribution in [0.15, 0.2) is 53.3 Å². The molecule has 2 nitrogen and oxygen atoms in total. The lowest BCUT2D eigenvalue weighted by Crippen LogP contribution is -2.10. The Morgan fingerprint density at radius 3 is 2.55 bits per heavy atom. The number of hydrogen-bond donors (Lipinski definition) is 0. The molecule has 0 atom stereocenters. The van der Waals surface area contributed by atoms with Crippen LogP contribution in [0.4, 0.5) is 13.2 Å². The Morgan fingerprint density at radius 1 is 1.05 bits per heavy atom. The van der Waals surface area contributed by atoms with E-state index in [0.29, 0.717) is 15.5 Å². The van der Waals surface area contributed by atoms with Crippen molar-refractivity contribution in [2.45, 2.75) is 6.18 Å². The van der Waals surface area contributed by atoms with Crippen LogP contribution in [0.25, 0.3) is 16.7 Å². The van der Waals surface area contributed by atoms with Crippen LogP contribution in [-0.4, -0.2) is 9.55 Å². The second kappa shape index (κ2) is 4.63. The summed E-state index contributed by atoms with van der Waals surface area (Å²) in [6.07, 6.45) is -3.02. The average Bonchev–Trinajstić information content (AvgIpc) is 2.81. The second-order valence-corrected chi connectivity index (χ2v) is 5.18. The molecule has 3 aromatic rings. The molecule has 6 heteroatoms. The molecule has 0 aliphatic heterocycles. The number of fused-ring (bicyclic) bond motifs is 1. The molecule has 1 aromatic heterocycles. The first kappa shape index (κ1) is 13.2. The molecular formula is C14H8BrF3N2. The van der Waals surface area contributed by atoms with Crippen molar-refractivity contribution in [1.29, 1.82) is 0 Å². The van der Waals surface area contributed by atoms with Crippen LogP contribution in [0.1, 0.15) is 5.56 Å². The smallest absolute Gasteiger partial charge is 0.298 e. The molecule has 1 heterocycles. The molecule has 3 rings (SSSR count). The van der Waals surface area contributed by atoms with Crippen LogP contribution in [0.2, 0.25) is 0 Å². The first-order valence-electron chi connectivity index (χ1n) is 5.76. The Hall–Kier alpha value is -1.82. The summed E-state index contributed by atoms with van der Waals surface area (Å²) in [5.41, 5.74) is 0.660. The molecule has 0 aliphatic carbocycles. The van der Waals surface area contributed by atoms with Crippen LogP contribution in [0.3, 0.4) is 0 Å². The minimum Gasteiger partial charge on any atom is -0.298 e. The van der Waals surface area contributed by atoms with Crippen molar-refractivity contribution in [1.82, 2.24) is 9.55 Å². The normalized spacial score (nSPS) is 12.0. The van der Waals surface area contributed by atoms with E-state index in [1.54, 1.807) is 30.3 Å². The number of hydrogen-bond acceptors (Lipinski definition) is 1. The highest BCUT2D eigenvalue weighted by Crippen LogP contribution is 2.36. The van der Waals surface area contributed by atoms with Gasteiger partial charge in [0.25, 0.3) is 0 Å². The summed E-state index contributed by atoms with van der Waals surface area (Å²) in [5.74, 6) is 0. The number of para-hydroxylation sites is 2. The average molecular weight is 341 g/mol. The van der Waals surface area contributed by atoms with Gasteiger partial charge >= 0.3 is 6.18 Å². The van der Waals surface area contributed by atoms with Gasteiger partial charge in [-0.2, -0.15) is 13.2 Å². The van der Waals surface area contributed by atoms with Crippen molar-refractivity contribution in [2.24, 2.45) is 0 Å². The highest BCUT2D eigenvalue weighted by molar-refractivity contribution is 9.10. The summed E-state index contributed by atoms with van der Waals surface area (Å²) in [5, 5.41) is 0. The highest BCUT2D eigenvalue weighted by atomic mass is 79.9. The van der Waals surface area contributed by atoms with Crippen molar-refractivity contribution < 1.29 is 13.2 Å². The molecule has 0 spiro atoms. The molecule has 0 N–H and O–H groups in total. The number of rotatable bonds is 1. The fourth-order valence-electron chi connectivity index (χ4n) is 2.10. The molecule has 0 saturated heterocycles. The third-order valence-corrected chi connectivity index (χ3v) is 3.47. The van der Waals surface area contributed by atoms with E-state index in [-0.39, 0.29) is 5.69 Å². The molecule has 0 unspecified atom stereocenters. The quantitative estimate of drug-likeness (QED) is 0.621. The largest absolute Gasteiger partial charge is 0.418 e. The predicted octanol–water partition coefficient (Wildman–Crippen LogP) is 4.81. The summed E-state index contributed by atoms with van der Waals surface area (Å²) in [7, 11) is 0. The lowest BCUT2D eigenvalue weighted by Gasteiger charge is -2.14. The lowest BCUT2D eigenvalue weighted by molar-refractivity contribution is -0.137. The maximum absolute atomic E-state index is 13.2. The molecule has 0 saturated carbocycles. The van der Waals surface area contributed by atoms with E-state index < -0.39 is 11.7 Å². The SMILES string of the molecule is FC(F)(F)c1cc(Br)ccc1-n1cnc2ccccc21. The van der Waals surface area contributed by atoms with Crippen LogP contribution in [0.5, 0.6) is 0 Å². The van der Waals surface area contributed by atoms with Gasteiger partial charge in [0.15, 0.2) is 0 Å². The molecule has 2 aromatic carbocycles. The molecule has 0 radical (unpaired) electrons. The van der Waals surface area contributed by atoms with Gasteiger partial charge in [-0.1, -0.05) is 28.1 Å². The van der Waals surface area contributed by atoms with E-state index in [9.17, 15) is 13.2 Å². The van der Waals surface area contributed by atoms with Gasteiger partial charge < -0.3 is 0 Å². The summed E-state index contributed by atoms with van der Waals surface area (Å²) in [6, 6.07) is 11.2. The van der Waals surface area contributed by atoms with E-state index in [1.165, 1.54) is 17.0 Å². The first-order valence-corrected chi connectivity index (χ1v) is 6.55. The second-order valence-electron chi connectivity index (χ2n) is 4.26. The highest BCUT2D eigenvalue weighted by Gasteiger charge is 2.34. The summed E-state index contributed by atoms with van der Waals surface area (Å²) >= 11 is 3.08. The molecule has 0 fully saturated rings. The van der Waals surface area contributed by atoms with Crippen molar-refractivity contribution in [3.05, 3.63) is 58.8 Å². The number of imidazole rings is 1. The van der Waals surface area contributed by atoms with Gasteiger partial charge in [0.2, 0.25) is 0 Å². The zero-order valence-electron chi connectivity index (χ0n) is 10.0. The van der Waals surface area contributed by atoms with Gasteiger partial charge in [-0.15, -0.1) is 0 Å². The van der Waals surface area contributed by atoms with Gasteiger partial charge in [-0.25, -0.2) is 4.98 Å². The molecular weight excluding hydrogens is 333 g/mol. The van der Waals surface area contributed by atoms with E-state index in [0.717, 1.165) is 6.07 Å². The molecule has 0 amide bonds. The standard InChI is InChI=1S/C14H8BrF3N2/c15-9-5-6-12(10(7-9)14(16,17)18)20-8-19-11-3-1-2-4-13(11)20/h1-8H. The molecule has 20 heavy (non-hydrogen) atoms. The summed E-state index contributed by atoms with van der Waals surface area (Å²) < 4.78 is 41.3. The van der Waals surface area contributed by atoms with Crippen LogP contribution in [-0.2, 0) is 6.18 Å². The summed E-state index contributed by atoms with van der Waals surface area (Å²) in [4.78, 5) is 4.12. The third kappa shape index (κ3) is 2.20. The first-order chi connectivity index (χ1) is 9.47. The number of nitrogens with zero attached hydrogens (tertiary/aromatic N) is 2. The number of halogens is 4. The van der Waals surface area contributed by atoms with Crippen molar-refractivity contribution in [2.75, 3.05) is 0 Å². The van der Waals surface area contributed by atoms with E-state index in [4.69, 9.17) is 0 Å². The Bertz CT molecular complexity index is 777. The van der Waals surface area contributed by atoms with Gasteiger partial charge in [0, 0.05) is 4.47 Å². The maximum atomic E-state index is 13.2. The van der Waals surface area contributed by atoms with Crippen LogP contribution in [0, 0.1) is 0 Å². The number of alkyl halides is 3. The predicted molar refractivity (Wildman–Crippen MR) is 73.8 cm³/mol. The Morgan fingerprint density at radius 2 is 1.80 bits per heavy atom. The lowest BCUT2D eigenvalue weighted by atomic mass is 10.1. The molecule has 102 valence electrons. The monoisotopic (exact) mass is 340 g/mol. The third-order valence-electron chi connectivity index (χ3n) is 2.98. The molecule has 0 bridgehead atoms. The van der Waals surface area contributed by atoms with E-state index in [2.05, 4.69) is 20.9 Å². The summed E-state index contributed by atoms with van der Waals surface area (Å²) in [6.45, 7) is 0. The zero-order chi connectivity index (χ0) is 14.3. The zero-order valence-corrected chi connectivity index (χ0v) is 11.6.